The highest BCUT2D eigenvalue weighted by atomic mass is 16.7. The summed E-state index contributed by atoms with van der Waals surface area (Å²) in [5, 5.41) is 12.8. The lowest BCUT2D eigenvalue weighted by Crippen LogP contribution is -2.13. The van der Waals surface area contributed by atoms with Crippen LogP contribution in [0.3, 0.4) is 0 Å². The van der Waals surface area contributed by atoms with Gasteiger partial charge < -0.3 is 18.8 Å². The summed E-state index contributed by atoms with van der Waals surface area (Å²) in [4.78, 5) is 14.9. The quantitative estimate of drug-likeness (QED) is 0.117. The first-order valence-corrected chi connectivity index (χ1v) is 16.0. The molecule has 0 radical (unpaired) electrons. The highest BCUT2D eigenvalue weighted by Gasteiger charge is 2.24. The van der Waals surface area contributed by atoms with Crippen LogP contribution < -0.4 is 0 Å². The molecule has 1 unspecified atom stereocenters. The zero-order valence-electron chi connectivity index (χ0n) is 27.5. The summed E-state index contributed by atoms with van der Waals surface area (Å²) in [6.07, 6.45) is 3.63. The Balaban J connectivity index is 1.51. The Morgan fingerprint density at radius 2 is 1.66 bits per heavy atom. The largest absolute Gasteiger partial charge is 0.357 e. The first-order chi connectivity index (χ1) is 23.1. The molecule has 0 aliphatic carbocycles. The predicted octanol–water partition coefficient (Wildman–Crippen LogP) is 7.05. The summed E-state index contributed by atoms with van der Waals surface area (Å²) in [7, 11) is 3.23. The highest BCUT2D eigenvalue weighted by Crippen LogP contribution is 2.35. The van der Waals surface area contributed by atoms with E-state index in [1.165, 1.54) is 0 Å². The Kier molecular flexibility index (Phi) is 10.1. The van der Waals surface area contributed by atoms with E-state index in [1.807, 2.05) is 56.3 Å². The van der Waals surface area contributed by atoms with Gasteiger partial charge in [0.2, 0.25) is 6.29 Å². The van der Waals surface area contributed by atoms with Gasteiger partial charge in [0.25, 0.3) is 0 Å². The number of hydrogen-bond donors (Lipinski definition) is 0. The summed E-state index contributed by atoms with van der Waals surface area (Å²) in [5.41, 5.74) is 7.87. The van der Waals surface area contributed by atoms with E-state index in [1.54, 1.807) is 25.1 Å². The molecule has 0 amide bonds. The van der Waals surface area contributed by atoms with Crippen molar-refractivity contribution in [2.24, 2.45) is 0 Å². The standard InChI is InChI=1S/C36H40N8O3/c1-6-8-17-32-38-31-22-29(30-16-12-13-20-37-30)33(36(45-4)46-5)39-35(31)43(32)23-25-18-19-27(26-14-10-9-11-15-26)28(21-25)34-40-41-42-44(34)24(3)47-7-2/h9-16,18-22,24,36H,6-8,17,23H2,1-5H3. The number of benzene rings is 2. The van der Waals surface area contributed by atoms with Gasteiger partial charge in [-0.25, -0.2) is 9.97 Å². The molecule has 6 aromatic rings. The van der Waals surface area contributed by atoms with Crippen LogP contribution >= 0.6 is 0 Å². The zero-order valence-corrected chi connectivity index (χ0v) is 27.5. The average Bonchev–Trinajstić information content (AvgIpc) is 3.73. The van der Waals surface area contributed by atoms with Crippen LogP contribution in [0.2, 0.25) is 0 Å². The van der Waals surface area contributed by atoms with Gasteiger partial charge in [0, 0.05) is 44.6 Å². The number of methoxy groups -OCH3 is 2. The van der Waals surface area contributed by atoms with Crippen molar-refractivity contribution in [2.45, 2.75) is 59.1 Å². The molecular formula is C36H40N8O3. The third kappa shape index (κ3) is 6.69. The summed E-state index contributed by atoms with van der Waals surface area (Å²) in [6, 6.07) is 24.6. The smallest absolute Gasteiger partial charge is 0.201 e. The maximum atomic E-state index is 5.88. The molecule has 242 valence electrons. The first kappa shape index (κ1) is 32.1. The molecular weight excluding hydrogens is 592 g/mol. The number of tetrazole rings is 1. The molecule has 6 rings (SSSR count). The number of fused-ring (bicyclic) bond motifs is 1. The Morgan fingerprint density at radius 3 is 2.38 bits per heavy atom. The molecule has 4 heterocycles. The summed E-state index contributed by atoms with van der Waals surface area (Å²) in [5.74, 6) is 1.60. The zero-order chi connectivity index (χ0) is 32.8. The minimum atomic E-state index is -0.679. The lowest BCUT2D eigenvalue weighted by molar-refractivity contribution is -0.108. The number of aryl methyl sites for hydroxylation is 1. The molecule has 0 N–H and O–H groups in total. The van der Waals surface area contributed by atoms with Crippen molar-refractivity contribution in [1.82, 2.24) is 39.7 Å². The summed E-state index contributed by atoms with van der Waals surface area (Å²) < 4.78 is 21.2. The Hall–Kier alpha value is -4.84. The number of hydrogen-bond acceptors (Lipinski definition) is 9. The van der Waals surface area contributed by atoms with Gasteiger partial charge in [-0.3, -0.25) is 4.98 Å². The Morgan fingerprint density at radius 1 is 0.851 bits per heavy atom. The van der Waals surface area contributed by atoms with Gasteiger partial charge in [-0.2, -0.15) is 4.68 Å². The molecule has 0 saturated carbocycles. The summed E-state index contributed by atoms with van der Waals surface area (Å²) >= 11 is 0. The highest BCUT2D eigenvalue weighted by molar-refractivity contribution is 5.82. The third-order valence-electron chi connectivity index (χ3n) is 8.17. The van der Waals surface area contributed by atoms with E-state index in [0.717, 1.165) is 69.8 Å². The van der Waals surface area contributed by atoms with Crippen molar-refractivity contribution in [2.75, 3.05) is 20.8 Å². The van der Waals surface area contributed by atoms with Crippen LogP contribution in [0.25, 0.3) is 44.9 Å². The Bertz CT molecular complexity index is 1920. The van der Waals surface area contributed by atoms with E-state index in [0.29, 0.717) is 24.7 Å². The number of imidazole rings is 1. The number of pyridine rings is 2. The SMILES string of the molecule is CCCCc1nc2cc(-c3ccccn3)c(C(OC)OC)nc2n1Cc1ccc(-c2ccccc2)c(-c2nnnn2C(C)OCC)c1. The van der Waals surface area contributed by atoms with Crippen LogP contribution in [0.4, 0.5) is 0 Å². The van der Waals surface area contributed by atoms with E-state index in [2.05, 4.69) is 62.3 Å². The van der Waals surface area contributed by atoms with Crippen molar-refractivity contribution in [3.8, 4) is 33.8 Å². The fraction of sp³-hybridized carbons (Fsp3) is 0.333. The van der Waals surface area contributed by atoms with Crippen LogP contribution in [0, 0.1) is 0 Å². The van der Waals surface area contributed by atoms with Crippen molar-refractivity contribution >= 4 is 11.2 Å². The summed E-state index contributed by atoms with van der Waals surface area (Å²) in [6.45, 7) is 7.18. The number of nitrogens with zero attached hydrogens (tertiary/aromatic N) is 8. The van der Waals surface area contributed by atoms with Crippen molar-refractivity contribution in [3.63, 3.8) is 0 Å². The van der Waals surface area contributed by atoms with Gasteiger partial charge in [-0.15, -0.1) is 5.10 Å². The van der Waals surface area contributed by atoms with E-state index in [4.69, 9.17) is 24.2 Å². The number of ether oxygens (including phenoxy) is 3. The molecule has 0 aliphatic rings. The second-order valence-electron chi connectivity index (χ2n) is 11.2. The fourth-order valence-corrected chi connectivity index (χ4v) is 5.88. The van der Waals surface area contributed by atoms with Crippen LogP contribution in [-0.2, 0) is 27.2 Å². The predicted molar refractivity (Wildman–Crippen MR) is 180 cm³/mol. The average molecular weight is 633 g/mol. The van der Waals surface area contributed by atoms with Gasteiger partial charge in [0.05, 0.1) is 12.2 Å². The Labute approximate surface area is 274 Å². The van der Waals surface area contributed by atoms with Gasteiger partial charge in [0.1, 0.15) is 17.0 Å². The second-order valence-corrected chi connectivity index (χ2v) is 11.2. The molecule has 0 aliphatic heterocycles. The van der Waals surface area contributed by atoms with Gasteiger partial charge >= 0.3 is 0 Å². The van der Waals surface area contributed by atoms with E-state index < -0.39 is 6.29 Å². The van der Waals surface area contributed by atoms with Crippen molar-refractivity contribution < 1.29 is 14.2 Å². The van der Waals surface area contributed by atoms with Crippen molar-refractivity contribution in [1.29, 1.82) is 0 Å². The van der Waals surface area contributed by atoms with Crippen molar-refractivity contribution in [3.05, 3.63) is 96.1 Å². The first-order valence-electron chi connectivity index (χ1n) is 16.0. The molecule has 11 nitrogen and oxygen atoms in total. The minimum Gasteiger partial charge on any atom is -0.357 e. The lowest BCUT2D eigenvalue weighted by Gasteiger charge is -2.18. The second kappa shape index (κ2) is 14.7. The number of aromatic nitrogens is 8. The molecule has 0 saturated heterocycles. The van der Waals surface area contributed by atoms with E-state index in [-0.39, 0.29) is 6.23 Å². The maximum Gasteiger partial charge on any atom is 0.201 e. The van der Waals surface area contributed by atoms with Crippen LogP contribution in [-0.4, -0.2) is 60.6 Å². The van der Waals surface area contributed by atoms with Crippen LogP contribution in [0.1, 0.15) is 63.2 Å². The minimum absolute atomic E-state index is 0.332. The number of unbranched alkanes of at least 4 members (excludes halogenated alkanes) is 1. The number of rotatable bonds is 14. The van der Waals surface area contributed by atoms with Gasteiger partial charge in [-0.1, -0.05) is 61.9 Å². The molecule has 0 fully saturated rings. The molecule has 4 aromatic heterocycles. The fourth-order valence-electron chi connectivity index (χ4n) is 5.88. The van der Waals surface area contributed by atoms with Gasteiger partial charge in [-0.05, 0) is 71.7 Å². The lowest BCUT2D eigenvalue weighted by atomic mass is 9.96. The molecule has 0 bridgehead atoms. The van der Waals surface area contributed by atoms with E-state index >= 15 is 0 Å². The molecule has 2 aromatic carbocycles. The normalized spacial score (nSPS) is 12.3. The third-order valence-corrected chi connectivity index (χ3v) is 8.17. The van der Waals surface area contributed by atoms with Gasteiger partial charge in [0.15, 0.2) is 17.7 Å². The van der Waals surface area contributed by atoms with Crippen LogP contribution in [0.15, 0.2) is 79.0 Å². The molecule has 0 spiro atoms. The van der Waals surface area contributed by atoms with E-state index in [9.17, 15) is 0 Å². The molecule has 11 heteroatoms. The monoisotopic (exact) mass is 632 g/mol. The topological polar surface area (TPSA) is 115 Å². The maximum absolute atomic E-state index is 5.88. The van der Waals surface area contributed by atoms with Crippen LogP contribution in [0.5, 0.6) is 0 Å². The molecule has 47 heavy (non-hydrogen) atoms. The molecule has 1 atom stereocenters.